The Balaban J connectivity index is 1.71. The molecule has 0 spiro atoms. The fraction of sp³-hybridized carbons (Fsp3) is 0.320. The summed E-state index contributed by atoms with van der Waals surface area (Å²) < 4.78 is 13.7. The fourth-order valence-electron chi connectivity index (χ4n) is 4.13. The number of carbonyl (C=O) groups excluding carboxylic acids is 2. The molecule has 32 heavy (non-hydrogen) atoms. The van der Waals surface area contributed by atoms with E-state index >= 15 is 0 Å². The van der Waals surface area contributed by atoms with Crippen LogP contribution in [0.3, 0.4) is 0 Å². The minimum absolute atomic E-state index is 0.0905. The van der Waals surface area contributed by atoms with E-state index in [4.69, 9.17) is 0 Å². The summed E-state index contributed by atoms with van der Waals surface area (Å²) in [6.45, 7) is 0.257. The normalized spacial score (nSPS) is 15.2. The molecule has 1 N–H and O–H groups in total. The van der Waals surface area contributed by atoms with Gasteiger partial charge in [-0.2, -0.15) is 0 Å². The van der Waals surface area contributed by atoms with Gasteiger partial charge in [-0.25, -0.2) is 4.39 Å². The Labute approximate surface area is 191 Å². The molecular weight excluding hydrogens is 425 g/mol. The molecule has 1 aliphatic carbocycles. The van der Waals surface area contributed by atoms with Crippen LogP contribution in [0.2, 0.25) is 0 Å². The number of carbonyl (C=O) groups is 2. The molecule has 2 heterocycles. The number of halogens is 1. The highest BCUT2D eigenvalue weighted by Gasteiger charge is 2.34. The summed E-state index contributed by atoms with van der Waals surface area (Å²) in [6, 6.07) is 14.0. The van der Waals surface area contributed by atoms with E-state index in [9.17, 15) is 14.0 Å². The number of benzene rings is 1. The van der Waals surface area contributed by atoms with Crippen molar-refractivity contribution in [3.8, 4) is 0 Å². The van der Waals surface area contributed by atoms with Gasteiger partial charge in [0.15, 0.2) is 0 Å². The number of hydrogen-bond acceptors (Lipinski definition) is 4. The van der Waals surface area contributed by atoms with Gasteiger partial charge < -0.3 is 10.2 Å². The lowest BCUT2D eigenvalue weighted by Gasteiger charge is -2.33. The zero-order chi connectivity index (χ0) is 22.3. The highest BCUT2D eigenvalue weighted by molar-refractivity contribution is 7.09. The first-order chi connectivity index (χ1) is 15.6. The first-order valence-electron chi connectivity index (χ1n) is 10.9. The summed E-state index contributed by atoms with van der Waals surface area (Å²) in [5, 5.41) is 5.09. The van der Waals surface area contributed by atoms with Crippen molar-refractivity contribution >= 4 is 23.2 Å². The highest BCUT2D eigenvalue weighted by atomic mass is 32.1. The van der Waals surface area contributed by atoms with Gasteiger partial charge in [-0.05, 0) is 54.1 Å². The minimum Gasteiger partial charge on any atom is -0.351 e. The molecule has 1 saturated carbocycles. The Morgan fingerprint density at radius 3 is 2.50 bits per heavy atom. The summed E-state index contributed by atoms with van der Waals surface area (Å²) >= 11 is 1.52. The van der Waals surface area contributed by atoms with E-state index < -0.39 is 6.04 Å². The maximum atomic E-state index is 13.7. The second-order valence-electron chi connectivity index (χ2n) is 8.03. The van der Waals surface area contributed by atoms with Crippen LogP contribution in [0.1, 0.15) is 59.1 Å². The maximum Gasteiger partial charge on any atom is 0.273 e. The lowest BCUT2D eigenvalue weighted by Crippen LogP contribution is -2.47. The van der Waals surface area contributed by atoms with E-state index in [0.29, 0.717) is 5.56 Å². The second-order valence-corrected chi connectivity index (χ2v) is 9.06. The van der Waals surface area contributed by atoms with Crippen LogP contribution in [0.5, 0.6) is 0 Å². The van der Waals surface area contributed by atoms with E-state index in [-0.39, 0.29) is 35.9 Å². The first kappa shape index (κ1) is 22.1. The van der Waals surface area contributed by atoms with Gasteiger partial charge in [0.1, 0.15) is 17.6 Å². The van der Waals surface area contributed by atoms with Crippen molar-refractivity contribution in [3.63, 3.8) is 0 Å². The largest absolute Gasteiger partial charge is 0.351 e. The molecule has 0 saturated heterocycles. The van der Waals surface area contributed by atoms with Crippen LogP contribution >= 0.6 is 11.3 Å². The molecule has 166 valence electrons. The molecule has 0 aliphatic heterocycles. The SMILES string of the molecule is O=C(NC1CCCCC1)C(c1ccc(F)cc1)N(Cc1cccs1)C(=O)c1ccccn1. The third-order valence-corrected chi connectivity index (χ3v) is 6.61. The number of nitrogens with one attached hydrogen (secondary N) is 1. The third-order valence-electron chi connectivity index (χ3n) is 5.75. The van der Waals surface area contributed by atoms with Gasteiger partial charge in [-0.15, -0.1) is 11.3 Å². The van der Waals surface area contributed by atoms with Gasteiger partial charge >= 0.3 is 0 Å². The number of amides is 2. The monoisotopic (exact) mass is 451 g/mol. The third kappa shape index (κ3) is 5.40. The summed E-state index contributed by atoms with van der Waals surface area (Å²) in [5.74, 6) is -0.975. The highest BCUT2D eigenvalue weighted by Crippen LogP contribution is 2.28. The van der Waals surface area contributed by atoms with Crippen LogP contribution in [0.15, 0.2) is 66.2 Å². The van der Waals surface area contributed by atoms with Crippen molar-refractivity contribution < 1.29 is 14.0 Å². The Hall–Kier alpha value is -3.06. The molecule has 1 unspecified atom stereocenters. The van der Waals surface area contributed by atoms with Gasteiger partial charge in [0.05, 0.1) is 6.54 Å². The van der Waals surface area contributed by atoms with E-state index in [1.54, 1.807) is 41.4 Å². The van der Waals surface area contributed by atoms with E-state index in [1.165, 1.54) is 29.9 Å². The molecule has 1 fully saturated rings. The Kier molecular flexibility index (Phi) is 7.27. The average molecular weight is 452 g/mol. The number of rotatable bonds is 7. The van der Waals surface area contributed by atoms with Crippen LogP contribution in [0, 0.1) is 5.82 Å². The van der Waals surface area contributed by atoms with Crippen molar-refractivity contribution in [1.82, 2.24) is 15.2 Å². The quantitative estimate of drug-likeness (QED) is 0.543. The van der Waals surface area contributed by atoms with Crippen molar-refractivity contribution in [2.24, 2.45) is 0 Å². The van der Waals surface area contributed by atoms with Crippen LogP contribution in [-0.4, -0.2) is 27.7 Å². The smallest absolute Gasteiger partial charge is 0.273 e. The van der Waals surface area contributed by atoms with Gasteiger partial charge in [0.25, 0.3) is 5.91 Å². The zero-order valence-corrected chi connectivity index (χ0v) is 18.6. The second kappa shape index (κ2) is 10.5. The number of thiophene rings is 1. The standard InChI is InChI=1S/C25H26FN3O2S/c26-19-13-11-18(12-14-19)23(24(30)28-20-7-2-1-3-8-20)29(17-21-9-6-16-32-21)25(31)22-10-4-5-15-27-22/h4-6,9-16,20,23H,1-3,7-8,17H2,(H,28,30). The fourth-order valence-corrected chi connectivity index (χ4v) is 4.83. The molecule has 2 amide bonds. The Morgan fingerprint density at radius 1 is 1.06 bits per heavy atom. The van der Waals surface area contributed by atoms with Crippen molar-refractivity contribution in [2.75, 3.05) is 0 Å². The summed E-state index contributed by atoms with van der Waals surface area (Å²) in [6.07, 6.45) is 6.76. The molecule has 0 bridgehead atoms. The molecule has 4 rings (SSSR count). The predicted octanol–water partition coefficient (Wildman–Crippen LogP) is 5.11. The topological polar surface area (TPSA) is 62.3 Å². The van der Waals surface area contributed by atoms with E-state index in [0.717, 1.165) is 30.6 Å². The summed E-state index contributed by atoms with van der Waals surface area (Å²) in [4.78, 5) is 33.9. The summed E-state index contributed by atoms with van der Waals surface area (Å²) in [7, 11) is 0. The average Bonchev–Trinajstić information content (AvgIpc) is 3.34. The molecule has 0 radical (unpaired) electrons. The predicted molar refractivity (Wildman–Crippen MR) is 123 cm³/mol. The maximum absolute atomic E-state index is 13.7. The van der Waals surface area contributed by atoms with Crippen LogP contribution in [-0.2, 0) is 11.3 Å². The van der Waals surface area contributed by atoms with Crippen molar-refractivity contribution in [1.29, 1.82) is 0 Å². The van der Waals surface area contributed by atoms with Gasteiger partial charge in [0, 0.05) is 17.1 Å². The van der Waals surface area contributed by atoms with Crippen LogP contribution < -0.4 is 5.32 Å². The molecule has 1 aliphatic rings. The van der Waals surface area contributed by atoms with Gasteiger partial charge in [-0.3, -0.25) is 14.6 Å². The lowest BCUT2D eigenvalue weighted by atomic mass is 9.94. The Bertz CT molecular complexity index is 1020. The van der Waals surface area contributed by atoms with Gasteiger partial charge in [0.2, 0.25) is 5.91 Å². The zero-order valence-electron chi connectivity index (χ0n) is 17.7. The van der Waals surface area contributed by atoms with Crippen molar-refractivity contribution in [2.45, 2.75) is 50.7 Å². The minimum atomic E-state index is -0.894. The van der Waals surface area contributed by atoms with Crippen LogP contribution in [0.4, 0.5) is 4.39 Å². The lowest BCUT2D eigenvalue weighted by molar-refractivity contribution is -0.127. The number of aromatic nitrogens is 1. The molecule has 5 nitrogen and oxygen atoms in total. The van der Waals surface area contributed by atoms with Crippen LogP contribution in [0.25, 0.3) is 0 Å². The molecule has 7 heteroatoms. The number of hydrogen-bond donors (Lipinski definition) is 1. The molecule has 1 aromatic carbocycles. The Morgan fingerprint density at radius 2 is 1.84 bits per heavy atom. The number of pyridine rings is 1. The van der Waals surface area contributed by atoms with E-state index in [1.807, 2.05) is 17.5 Å². The van der Waals surface area contributed by atoms with E-state index in [2.05, 4.69) is 10.3 Å². The molecule has 1 atom stereocenters. The first-order valence-corrected chi connectivity index (χ1v) is 11.8. The molecule has 3 aromatic rings. The summed E-state index contributed by atoms with van der Waals surface area (Å²) in [5.41, 5.74) is 0.835. The van der Waals surface area contributed by atoms with Gasteiger partial charge in [-0.1, -0.05) is 43.5 Å². The molecule has 2 aromatic heterocycles. The number of nitrogens with zero attached hydrogens (tertiary/aromatic N) is 2. The molecular formula is C25H26FN3O2S. The van der Waals surface area contributed by atoms with Crippen molar-refractivity contribution in [3.05, 3.63) is 88.1 Å².